The Hall–Kier alpha value is -1.06. The first-order chi connectivity index (χ1) is 8.33. The molecule has 0 heterocycles. The molecule has 1 aliphatic carbocycles. The number of carbonyl (C=O) groups excluding carboxylic acids is 1. The predicted octanol–water partition coefficient (Wildman–Crippen LogP) is 2.67. The second kappa shape index (κ2) is 6.21. The number of hydrogen-bond donors (Lipinski definition) is 1. The molecule has 0 bridgehead atoms. The van der Waals surface area contributed by atoms with Crippen LogP contribution < -0.4 is 0 Å². The summed E-state index contributed by atoms with van der Waals surface area (Å²) < 4.78 is 0. The van der Waals surface area contributed by atoms with Crippen LogP contribution in [0.15, 0.2) is 0 Å². The standard InChI is InChI=1S/C14H25NO3/c1-14(2,10-13(17)18)15(3)12(16)9-11-7-5-4-6-8-11/h11H,4-10H2,1-3H3,(H,17,18). The van der Waals surface area contributed by atoms with Crippen molar-refractivity contribution in [1.82, 2.24) is 4.90 Å². The van der Waals surface area contributed by atoms with Crippen LogP contribution in [0.2, 0.25) is 0 Å². The SMILES string of the molecule is CN(C(=O)CC1CCCCC1)C(C)(C)CC(=O)O. The highest BCUT2D eigenvalue weighted by atomic mass is 16.4. The second-order valence-electron chi connectivity index (χ2n) is 6.04. The molecule has 1 aliphatic rings. The first-order valence-electron chi connectivity index (χ1n) is 6.81. The molecule has 0 aromatic carbocycles. The lowest BCUT2D eigenvalue weighted by Gasteiger charge is -2.35. The van der Waals surface area contributed by atoms with Crippen LogP contribution in [0.3, 0.4) is 0 Å². The van der Waals surface area contributed by atoms with Crippen LogP contribution in [0.4, 0.5) is 0 Å². The van der Waals surface area contributed by atoms with Gasteiger partial charge in [0, 0.05) is 19.0 Å². The van der Waals surface area contributed by atoms with E-state index in [9.17, 15) is 9.59 Å². The highest BCUT2D eigenvalue weighted by Crippen LogP contribution is 2.28. The van der Waals surface area contributed by atoms with E-state index in [0.29, 0.717) is 12.3 Å². The van der Waals surface area contributed by atoms with Gasteiger partial charge in [-0.15, -0.1) is 0 Å². The second-order valence-corrected chi connectivity index (χ2v) is 6.04. The highest BCUT2D eigenvalue weighted by Gasteiger charge is 2.31. The van der Waals surface area contributed by atoms with Crippen LogP contribution in [0.1, 0.15) is 58.8 Å². The Morgan fingerprint density at radius 2 is 1.78 bits per heavy atom. The number of nitrogens with zero attached hydrogens (tertiary/aromatic N) is 1. The average molecular weight is 255 g/mol. The molecule has 0 aromatic rings. The van der Waals surface area contributed by atoms with E-state index in [2.05, 4.69) is 0 Å². The highest BCUT2D eigenvalue weighted by molar-refractivity contribution is 5.78. The van der Waals surface area contributed by atoms with Gasteiger partial charge in [0.1, 0.15) is 0 Å². The Kier molecular flexibility index (Phi) is 5.17. The lowest BCUT2D eigenvalue weighted by atomic mass is 9.86. The quantitative estimate of drug-likeness (QED) is 0.821. The molecule has 0 radical (unpaired) electrons. The molecule has 0 aromatic heterocycles. The van der Waals surface area contributed by atoms with Crippen LogP contribution >= 0.6 is 0 Å². The van der Waals surface area contributed by atoms with Gasteiger partial charge in [0.2, 0.25) is 5.91 Å². The number of carboxylic acids is 1. The van der Waals surface area contributed by atoms with E-state index < -0.39 is 11.5 Å². The molecule has 1 saturated carbocycles. The van der Waals surface area contributed by atoms with Crippen LogP contribution in [-0.4, -0.2) is 34.5 Å². The molecule has 0 aliphatic heterocycles. The number of aliphatic carboxylic acids is 1. The summed E-state index contributed by atoms with van der Waals surface area (Å²) in [5.41, 5.74) is -0.614. The third kappa shape index (κ3) is 4.31. The fraction of sp³-hybridized carbons (Fsp3) is 0.857. The van der Waals surface area contributed by atoms with Gasteiger partial charge in [0.25, 0.3) is 0 Å². The number of carbonyl (C=O) groups is 2. The summed E-state index contributed by atoms with van der Waals surface area (Å²) in [6.07, 6.45) is 6.56. The Labute approximate surface area is 109 Å². The van der Waals surface area contributed by atoms with Crippen molar-refractivity contribution in [3.05, 3.63) is 0 Å². The molecule has 0 spiro atoms. The minimum atomic E-state index is -0.864. The van der Waals surface area contributed by atoms with E-state index in [0.717, 1.165) is 12.8 Å². The molecular formula is C14H25NO3. The van der Waals surface area contributed by atoms with Crippen LogP contribution in [0.25, 0.3) is 0 Å². The van der Waals surface area contributed by atoms with Gasteiger partial charge in [-0.3, -0.25) is 9.59 Å². The average Bonchev–Trinajstić information content (AvgIpc) is 2.27. The van der Waals surface area contributed by atoms with Crippen molar-refractivity contribution < 1.29 is 14.7 Å². The third-order valence-corrected chi connectivity index (χ3v) is 4.05. The predicted molar refractivity (Wildman–Crippen MR) is 70.3 cm³/mol. The zero-order valence-electron chi connectivity index (χ0n) is 11.7. The maximum absolute atomic E-state index is 12.2. The lowest BCUT2D eigenvalue weighted by Crippen LogP contribution is -2.46. The van der Waals surface area contributed by atoms with Gasteiger partial charge in [-0.1, -0.05) is 19.3 Å². The monoisotopic (exact) mass is 255 g/mol. The van der Waals surface area contributed by atoms with E-state index >= 15 is 0 Å². The third-order valence-electron chi connectivity index (χ3n) is 4.05. The number of hydrogen-bond acceptors (Lipinski definition) is 2. The number of carboxylic acid groups (broad SMARTS) is 1. The first kappa shape index (κ1) is 15.0. The van der Waals surface area contributed by atoms with Crippen molar-refractivity contribution in [3.63, 3.8) is 0 Å². The van der Waals surface area contributed by atoms with E-state index in [1.54, 1.807) is 25.8 Å². The van der Waals surface area contributed by atoms with Crippen molar-refractivity contribution in [2.45, 2.75) is 64.3 Å². The maximum atomic E-state index is 12.2. The van der Waals surface area contributed by atoms with E-state index in [4.69, 9.17) is 5.11 Å². The fourth-order valence-electron chi connectivity index (χ4n) is 2.60. The topological polar surface area (TPSA) is 57.6 Å². The molecule has 0 unspecified atom stereocenters. The summed E-state index contributed by atoms with van der Waals surface area (Å²) in [5, 5.41) is 8.86. The first-order valence-corrected chi connectivity index (χ1v) is 6.81. The Balaban J connectivity index is 2.51. The van der Waals surface area contributed by atoms with Crippen LogP contribution in [0.5, 0.6) is 0 Å². The number of rotatable bonds is 5. The van der Waals surface area contributed by atoms with Gasteiger partial charge in [0.15, 0.2) is 0 Å². The summed E-state index contributed by atoms with van der Waals surface area (Å²) >= 11 is 0. The molecule has 0 saturated heterocycles. The summed E-state index contributed by atoms with van der Waals surface area (Å²) in [5.74, 6) is -0.292. The normalized spacial score (nSPS) is 17.5. The molecule has 18 heavy (non-hydrogen) atoms. The van der Waals surface area contributed by atoms with E-state index in [1.807, 2.05) is 0 Å². The zero-order valence-corrected chi connectivity index (χ0v) is 11.7. The fourth-order valence-corrected chi connectivity index (χ4v) is 2.60. The van der Waals surface area contributed by atoms with Gasteiger partial charge >= 0.3 is 5.97 Å². The lowest BCUT2D eigenvalue weighted by molar-refractivity contribution is -0.143. The smallest absolute Gasteiger partial charge is 0.305 e. The van der Waals surface area contributed by atoms with Gasteiger partial charge in [-0.25, -0.2) is 0 Å². The molecule has 1 fully saturated rings. The van der Waals surface area contributed by atoms with Crippen molar-refractivity contribution in [3.8, 4) is 0 Å². The Bertz CT molecular complexity index is 306. The van der Waals surface area contributed by atoms with E-state index in [-0.39, 0.29) is 12.3 Å². The summed E-state index contributed by atoms with van der Waals surface area (Å²) in [6, 6.07) is 0. The molecule has 4 nitrogen and oxygen atoms in total. The summed E-state index contributed by atoms with van der Waals surface area (Å²) in [7, 11) is 1.72. The molecule has 4 heteroatoms. The summed E-state index contributed by atoms with van der Waals surface area (Å²) in [4.78, 5) is 24.6. The van der Waals surface area contributed by atoms with Gasteiger partial charge in [-0.2, -0.15) is 0 Å². The largest absolute Gasteiger partial charge is 0.481 e. The molecular weight excluding hydrogens is 230 g/mol. The van der Waals surface area contributed by atoms with Gasteiger partial charge in [-0.05, 0) is 32.6 Å². The Morgan fingerprint density at radius 3 is 2.28 bits per heavy atom. The molecule has 0 atom stereocenters. The van der Waals surface area contributed by atoms with Crippen molar-refractivity contribution in [1.29, 1.82) is 0 Å². The maximum Gasteiger partial charge on any atom is 0.305 e. The van der Waals surface area contributed by atoms with Crippen LogP contribution in [-0.2, 0) is 9.59 Å². The van der Waals surface area contributed by atoms with E-state index in [1.165, 1.54) is 19.3 Å². The minimum Gasteiger partial charge on any atom is -0.481 e. The van der Waals surface area contributed by atoms with Gasteiger partial charge in [0.05, 0.1) is 6.42 Å². The zero-order chi connectivity index (χ0) is 13.8. The molecule has 1 rings (SSSR count). The molecule has 1 amide bonds. The minimum absolute atomic E-state index is 0.0140. The van der Waals surface area contributed by atoms with Crippen molar-refractivity contribution in [2.75, 3.05) is 7.05 Å². The number of amides is 1. The van der Waals surface area contributed by atoms with Crippen molar-refractivity contribution >= 4 is 11.9 Å². The Morgan fingerprint density at radius 1 is 1.22 bits per heavy atom. The van der Waals surface area contributed by atoms with Crippen LogP contribution in [0, 0.1) is 5.92 Å². The van der Waals surface area contributed by atoms with Gasteiger partial charge < -0.3 is 10.0 Å². The molecule has 104 valence electrons. The van der Waals surface area contributed by atoms with Crippen molar-refractivity contribution in [2.24, 2.45) is 5.92 Å². The summed E-state index contributed by atoms with van der Waals surface area (Å²) in [6.45, 7) is 3.61. The molecule has 1 N–H and O–H groups in total.